The van der Waals surface area contributed by atoms with Crippen LogP contribution in [0.3, 0.4) is 0 Å². The first kappa shape index (κ1) is 24.7. The van der Waals surface area contributed by atoms with Crippen LogP contribution in [-0.2, 0) is 0 Å². The van der Waals surface area contributed by atoms with Crippen molar-refractivity contribution in [3.8, 4) is 5.75 Å². The molecule has 1 rings (SSSR count). The first-order valence-corrected chi connectivity index (χ1v) is 10.6. The van der Waals surface area contributed by atoms with Crippen LogP contribution in [0.4, 0.5) is 0 Å². The summed E-state index contributed by atoms with van der Waals surface area (Å²) in [7, 11) is 0. The number of carbonyl (C=O) groups excluding carboxylic acids is 1. The second kappa shape index (κ2) is 15.9. The topological polar surface area (TPSA) is 40.1 Å². The molecule has 0 spiro atoms. The van der Waals surface area contributed by atoms with Crippen LogP contribution >= 0.6 is 0 Å². The van der Waals surface area contributed by atoms with Gasteiger partial charge in [0.1, 0.15) is 6.29 Å². The average molecular weight is 364 g/mol. The highest BCUT2D eigenvalue weighted by Crippen LogP contribution is 2.16. The summed E-state index contributed by atoms with van der Waals surface area (Å²) in [5.74, 6) is -0.0689. The summed E-state index contributed by atoms with van der Waals surface area (Å²) in [5.41, 5.74) is 0.537. The Morgan fingerprint density at radius 2 is 1.08 bits per heavy atom. The third-order valence-electron chi connectivity index (χ3n) is 4.96. The Morgan fingerprint density at radius 3 is 1.35 bits per heavy atom. The predicted molar refractivity (Wildman–Crippen MR) is 111 cm³/mol. The maximum atomic E-state index is 10.4. The van der Waals surface area contributed by atoms with Gasteiger partial charge < -0.3 is 9.59 Å². The van der Waals surface area contributed by atoms with Crippen LogP contribution in [0.25, 0.3) is 0 Å². The Balaban J connectivity index is 0.000000577. The molecule has 0 amide bonds. The van der Waals surface area contributed by atoms with Crippen LogP contribution in [0, 0.1) is 0 Å². The number of quaternary nitrogens is 1. The average Bonchev–Trinajstić information content (AvgIpc) is 2.68. The molecular formula is C23H41NO2. The summed E-state index contributed by atoms with van der Waals surface area (Å²) in [6, 6.07) is 5.72. The standard InChI is InChI=1S/C16H36N.C7H6O2/c1-5-9-13-17(14-10-6-2,15-11-7-3)16-12-8-4;8-5-6-1-3-7(9)4-2-6/h5-16H2,1-4H3;1-5,9H/q+1;/p-1. The van der Waals surface area contributed by atoms with Gasteiger partial charge in [-0.3, -0.25) is 4.79 Å². The molecule has 0 bridgehead atoms. The highest BCUT2D eigenvalue weighted by Gasteiger charge is 2.24. The van der Waals surface area contributed by atoms with E-state index in [4.69, 9.17) is 0 Å². The van der Waals surface area contributed by atoms with Gasteiger partial charge in [0.15, 0.2) is 0 Å². The molecule has 1 aromatic carbocycles. The van der Waals surface area contributed by atoms with E-state index < -0.39 is 0 Å². The van der Waals surface area contributed by atoms with E-state index >= 15 is 0 Å². The maximum absolute atomic E-state index is 10.4. The fourth-order valence-corrected chi connectivity index (χ4v) is 3.19. The Labute approximate surface area is 162 Å². The van der Waals surface area contributed by atoms with Crippen molar-refractivity contribution in [1.29, 1.82) is 0 Å². The van der Waals surface area contributed by atoms with E-state index in [1.807, 2.05) is 0 Å². The second-order valence-electron chi connectivity index (χ2n) is 7.34. The fraction of sp³-hybridized carbons (Fsp3) is 0.696. The van der Waals surface area contributed by atoms with Gasteiger partial charge in [0.25, 0.3) is 0 Å². The predicted octanol–water partition coefficient (Wildman–Crippen LogP) is 5.58. The Morgan fingerprint density at radius 1 is 0.731 bits per heavy atom. The van der Waals surface area contributed by atoms with Gasteiger partial charge in [0.2, 0.25) is 0 Å². The first-order valence-electron chi connectivity index (χ1n) is 10.6. The van der Waals surface area contributed by atoms with Crippen LogP contribution in [0.15, 0.2) is 24.3 Å². The van der Waals surface area contributed by atoms with Gasteiger partial charge in [-0.2, -0.15) is 0 Å². The highest BCUT2D eigenvalue weighted by atomic mass is 16.3. The molecule has 1 aromatic rings. The van der Waals surface area contributed by atoms with Crippen LogP contribution in [0.1, 0.15) is 89.4 Å². The van der Waals surface area contributed by atoms with Gasteiger partial charge in [-0.15, -0.1) is 5.75 Å². The van der Waals surface area contributed by atoms with E-state index in [-0.39, 0.29) is 5.75 Å². The maximum Gasteiger partial charge on any atom is 0.150 e. The first-order chi connectivity index (χ1) is 12.6. The van der Waals surface area contributed by atoms with Crippen molar-refractivity contribution in [3.05, 3.63) is 29.8 Å². The Bertz CT molecular complexity index is 405. The minimum atomic E-state index is -0.0689. The van der Waals surface area contributed by atoms with Crippen LogP contribution < -0.4 is 5.11 Å². The smallest absolute Gasteiger partial charge is 0.150 e. The van der Waals surface area contributed by atoms with Crippen LogP contribution in [0.2, 0.25) is 0 Å². The molecular weight excluding hydrogens is 322 g/mol. The number of nitrogens with zero attached hydrogens (tertiary/aromatic N) is 1. The molecule has 0 heterocycles. The lowest BCUT2D eigenvalue weighted by molar-refractivity contribution is -0.929. The molecule has 0 aliphatic rings. The van der Waals surface area contributed by atoms with Crippen molar-refractivity contribution in [2.45, 2.75) is 79.1 Å². The summed E-state index contributed by atoms with van der Waals surface area (Å²) in [5, 5.41) is 10.4. The molecule has 0 aliphatic heterocycles. The molecule has 0 fully saturated rings. The monoisotopic (exact) mass is 363 g/mol. The van der Waals surface area contributed by atoms with Crippen molar-refractivity contribution in [2.24, 2.45) is 0 Å². The fourth-order valence-electron chi connectivity index (χ4n) is 3.19. The molecule has 3 nitrogen and oxygen atoms in total. The lowest BCUT2D eigenvalue weighted by Gasteiger charge is -2.39. The van der Waals surface area contributed by atoms with Crippen molar-refractivity contribution < 1.29 is 14.4 Å². The number of hydrogen-bond donors (Lipinski definition) is 0. The lowest BCUT2D eigenvalue weighted by atomic mass is 10.1. The van der Waals surface area contributed by atoms with Gasteiger partial charge in [0.05, 0.1) is 26.2 Å². The number of benzene rings is 1. The molecule has 0 aromatic heterocycles. The molecule has 0 aliphatic carbocycles. The molecule has 0 saturated carbocycles. The zero-order chi connectivity index (χ0) is 19.7. The van der Waals surface area contributed by atoms with Crippen LogP contribution in [0.5, 0.6) is 5.75 Å². The normalized spacial score (nSPS) is 10.9. The number of rotatable bonds is 13. The minimum absolute atomic E-state index is 0.0689. The third-order valence-corrected chi connectivity index (χ3v) is 4.96. The summed E-state index contributed by atoms with van der Waals surface area (Å²) >= 11 is 0. The SMILES string of the molecule is CCCC[N+](CCCC)(CCCC)CCCC.O=Cc1ccc([O-])cc1. The van der Waals surface area contributed by atoms with E-state index in [1.54, 1.807) is 0 Å². The number of unbranched alkanes of at least 4 members (excludes halogenated alkanes) is 4. The summed E-state index contributed by atoms with van der Waals surface area (Å²) in [4.78, 5) is 10.0. The quantitative estimate of drug-likeness (QED) is 0.339. The summed E-state index contributed by atoms with van der Waals surface area (Å²) in [6.07, 6.45) is 11.8. The lowest BCUT2D eigenvalue weighted by Crippen LogP contribution is -2.50. The van der Waals surface area contributed by atoms with Crippen molar-refractivity contribution in [2.75, 3.05) is 26.2 Å². The Kier molecular flexibility index (Phi) is 15.0. The zero-order valence-electron chi connectivity index (χ0n) is 17.6. The molecule has 0 radical (unpaired) electrons. The number of aldehydes is 1. The van der Waals surface area contributed by atoms with E-state index in [0.29, 0.717) is 11.8 Å². The molecule has 0 N–H and O–H groups in total. The van der Waals surface area contributed by atoms with Gasteiger partial charge in [-0.1, -0.05) is 77.6 Å². The summed E-state index contributed by atoms with van der Waals surface area (Å²) < 4.78 is 1.42. The van der Waals surface area contributed by atoms with Gasteiger partial charge >= 0.3 is 0 Å². The van der Waals surface area contributed by atoms with Gasteiger partial charge in [0, 0.05) is 5.56 Å². The molecule has 0 saturated heterocycles. The van der Waals surface area contributed by atoms with Crippen molar-refractivity contribution in [1.82, 2.24) is 0 Å². The van der Waals surface area contributed by atoms with Crippen molar-refractivity contribution >= 4 is 6.29 Å². The van der Waals surface area contributed by atoms with E-state index in [2.05, 4.69) is 27.7 Å². The largest absolute Gasteiger partial charge is 0.872 e. The second-order valence-corrected chi connectivity index (χ2v) is 7.34. The van der Waals surface area contributed by atoms with Crippen LogP contribution in [-0.4, -0.2) is 36.9 Å². The number of hydrogen-bond acceptors (Lipinski definition) is 2. The third kappa shape index (κ3) is 11.3. The van der Waals surface area contributed by atoms with Gasteiger partial charge in [-0.25, -0.2) is 0 Å². The van der Waals surface area contributed by atoms with Crippen molar-refractivity contribution in [3.63, 3.8) is 0 Å². The summed E-state index contributed by atoms with van der Waals surface area (Å²) in [6.45, 7) is 15.0. The van der Waals surface area contributed by atoms with E-state index in [1.165, 1.54) is 106 Å². The zero-order valence-corrected chi connectivity index (χ0v) is 17.6. The molecule has 150 valence electrons. The van der Waals surface area contributed by atoms with E-state index in [0.717, 1.165) is 0 Å². The molecule has 3 heteroatoms. The minimum Gasteiger partial charge on any atom is -0.872 e. The number of carbonyl (C=O) groups is 1. The molecule has 0 unspecified atom stereocenters. The highest BCUT2D eigenvalue weighted by molar-refractivity contribution is 5.74. The van der Waals surface area contributed by atoms with E-state index in [9.17, 15) is 9.90 Å². The Hall–Kier alpha value is -1.35. The molecule has 0 atom stereocenters. The molecule has 26 heavy (non-hydrogen) atoms. The van der Waals surface area contributed by atoms with Gasteiger partial charge in [-0.05, 0) is 25.7 Å².